The van der Waals surface area contributed by atoms with E-state index in [2.05, 4.69) is 24.3 Å². The maximum Gasteiger partial charge on any atom is 0.313 e. The Morgan fingerprint density at radius 2 is 1.87 bits per heavy atom. The molecule has 1 fully saturated rings. The molecule has 168 valence electrons. The second-order valence-electron chi connectivity index (χ2n) is 7.61. The lowest BCUT2D eigenvalue weighted by atomic mass is 10.1. The minimum Gasteiger partial charge on any atom is -0.465 e. The number of thioether (sulfide) groups is 1. The number of hydrogen-bond donors (Lipinski definition) is 0. The van der Waals surface area contributed by atoms with E-state index in [1.54, 1.807) is 6.92 Å². The van der Waals surface area contributed by atoms with Gasteiger partial charge in [0.25, 0.3) is 0 Å². The SMILES string of the molecule is CCC(=O)CC(=O)OCCCCSc1ccc(CCCCOC2CCCCO2)cc1. The fraction of sp³-hybridized carbons (Fsp3) is 0.667. The third kappa shape index (κ3) is 11.1. The summed E-state index contributed by atoms with van der Waals surface area (Å²) < 4.78 is 16.4. The van der Waals surface area contributed by atoms with Gasteiger partial charge in [-0.3, -0.25) is 9.59 Å². The molecule has 1 aromatic carbocycles. The molecule has 0 N–H and O–H groups in total. The molecule has 1 saturated heterocycles. The molecule has 1 aromatic rings. The Morgan fingerprint density at radius 3 is 2.60 bits per heavy atom. The van der Waals surface area contributed by atoms with Gasteiger partial charge in [-0.15, -0.1) is 11.8 Å². The fourth-order valence-electron chi connectivity index (χ4n) is 3.16. The first-order valence-corrected chi connectivity index (χ1v) is 12.3. The summed E-state index contributed by atoms with van der Waals surface area (Å²) in [6.45, 7) is 3.77. The van der Waals surface area contributed by atoms with Crippen molar-refractivity contribution < 1.29 is 23.8 Å². The zero-order valence-electron chi connectivity index (χ0n) is 18.2. The van der Waals surface area contributed by atoms with Crippen molar-refractivity contribution in [3.8, 4) is 0 Å². The minimum atomic E-state index is -0.404. The molecule has 1 aliphatic heterocycles. The van der Waals surface area contributed by atoms with E-state index < -0.39 is 5.97 Å². The Hall–Kier alpha value is -1.37. The Kier molecular flexibility index (Phi) is 12.8. The molecular formula is C24H36O5S. The molecule has 2 rings (SSSR count). The summed E-state index contributed by atoms with van der Waals surface area (Å²) in [5.41, 5.74) is 1.36. The summed E-state index contributed by atoms with van der Waals surface area (Å²) in [5, 5.41) is 0. The van der Waals surface area contributed by atoms with Crippen LogP contribution in [0.4, 0.5) is 0 Å². The predicted octanol–water partition coefficient (Wildman–Crippen LogP) is 5.34. The molecule has 0 amide bonds. The Bertz CT molecular complexity index is 611. The van der Waals surface area contributed by atoms with Crippen molar-refractivity contribution in [3.05, 3.63) is 29.8 Å². The van der Waals surface area contributed by atoms with Gasteiger partial charge >= 0.3 is 5.97 Å². The topological polar surface area (TPSA) is 61.8 Å². The first-order valence-electron chi connectivity index (χ1n) is 11.3. The van der Waals surface area contributed by atoms with Crippen LogP contribution in [0.25, 0.3) is 0 Å². The molecular weight excluding hydrogens is 400 g/mol. The third-order valence-electron chi connectivity index (χ3n) is 5.03. The molecule has 1 atom stereocenters. The van der Waals surface area contributed by atoms with Crippen molar-refractivity contribution in [1.29, 1.82) is 0 Å². The summed E-state index contributed by atoms with van der Waals surface area (Å²) in [4.78, 5) is 23.9. The van der Waals surface area contributed by atoms with E-state index in [4.69, 9.17) is 14.2 Å². The van der Waals surface area contributed by atoms with E-state index in [0.29, 0.717) is 13.0 Å². The molecule has 0 saturated carbocycles. The Labute approximate surface area is 185 Å². The number of benzene rings is 1. The molecule has 0 aromatic heterocycles. The first-order chi connectivity index (χ1) is 14.7. The average molecular weight is 437 g/mol. The highest BCUT2D eigenvalue weighted by Crippen LogP contribution is 2.21. The number of aryl methyl sites for hydroxylation is 1. The number of carbonyl (C=O) groups excluding carboxylic acids is 2. The van der Waals surface area contributed by atoms with Gasteiger partial charge in [0.05, 0.1) is 6.61 Å². The van der Waals surface area contributed by atoms with Crippen LogP contribution in [0, 0.1) is 0 Å². The molecule has 5 nitrogen and oxygen atoms in total. The maximum atomic E-state index is 11.4. The van der Waals surface area contributed by atoms with E-state index in [0.717, 1.165) is 63.9 Å². The molecule has 0 radical (unpaired) electrons. The van der Waals surface area contributed by atoms with E-state index in [-0.39, 0.29) is 18.5 Å². The van der Waals surface area contributed by atoms with Gasteiger partial charge in [-0.05, 0) is 74.8 Å². The zero-order chi connectivity index (χ0) is 21.4. The Balaban J connectivity index is 1.47. The number of rotatable bonds is 15. The smallest absolute Gasteiger partial charge is 0.313 e. The van der Waals surface area contributed by atoms with Crippen molar-refractivity contribution in [1.82, 2.24) is 0 Å². The van der Waals surface area contributed by atoms with Crippen LogP contribution in [0.5, 0.6) is 0 Å². The van der Waals surface area contributed by atoms with Gasteiger partial charge in [0.15, 0.2) is 6.29 Å². The average Bonchev–Trinajstić information content (AvgIpc) is 2.77. The lowest BCUT2D eigenvalue weighted by Crippen LogP contribution is -2.22. The number of Topliss-reactive ketones (excluding diaryl/α,β-unsaturated/α-hetero) is 1. The van der Waals surface area contributed by atoms with Crippen molar-refractivity contribution in [2.45, 2.75) is 82.3 Å². The van der Waals surface area contributed by atoms with Gasteiger partial charge in [-0.25, -0.2) is 0 Å². The predicted molar refractivity (Wildman–Crippen MR) is 120 cm³/mol. The lowest BCUT2D eigenvalue weighted by Gasteiger charge is -2.22. The highest BCUT2D eigenvalue weighted by atomic mass is 32.2. The molecule has 1 aliphatic rings. The number of esters is 1. The molecule has 1 heterocycles. The van der Waals surface area contributed by atoms with Crippen LogP contribution in [-0.4, -0.2) is 43.6 Å². The number of unbranched alkanes of at least 4 members (excludes halogenated alkanes) is 2. The molecule has 6 heteroatoms. The van der Waals surface area contributed by atoms with Gasteiger partial charge in [0, 0.05) is 24.5 Å². The standard InChI is InChI=1S/C24H36O5S/c1-2-21(25)19-23(26)27-15-7-8-18-30-22-13-11-20(12-14-22)9-3-5-16-28-24-10-4-6-17-29-24/h11-14,24H,2-10,15-19H2,1H3. The van der Waals surface area contributed by atoms with Crippen LogP contribution >= 0.6 is 11.8 Å². The second-order valence-corrected chi connectivity index (χ2v) is 8.78. The molecule has 1 unspecified atom stereocenters. The molecule has 30 heavy (non-hydrogen) atoms. The number of carbonyl (C=O) groups is 2. The Morgan fingerprint density at radius 1 is 1.07 bits per heavy atom. The minimum absolute atomic E-state index is 0.0207. The summed E-state index contributed by atoms with van der Waals surface area (Å²) in [6.07, 6.45) is 8.78. The zero-order valence-corrected chi connectivity index (χ0v) is 19.1. The van der Waals surface area contributed by atoms with Crippen LogP contribution in [0.15, 0.2) is 29.2 Å². The summed E-state index contributed by atoms with van der Waals surface area (Å²) in [5.74, 6) is 0.520. The van der Waals surface area contributed by atoms with Crippen LogP contribution in [0.1, 0.15) is 70.3 Å². The monoisotopic (exact) mass is 436 g/mol. The van der Waals surface area contributed by atoms with Gasteiger partial charge < -0.3 is 14.2 Å². The van der Waals surface area contributed by atoms with Gasteiger partial charge in [0.1, 0.15) is 12.2 Å². The quantitative estimate of drug-likeness (QED) is 0.160. The third-order valence-corrected chi connectivity index (χ3v) is 6.13. The van der Waals surface area contributed by atoms with E-state index in [9.17, 15) is 9.59 Å². The maximum absolute atomic E-state index is 11.4. The molecule has 0 aliphatic carbocycles. The molecule has 0 spiro atoms. The van der Waals surface area contributed by atoms with Crippen molar-refractivity contribution >= 4 is 23.5 Å². The first kappa shape index (κ1) is 24.9. The number of ether oxygens (including phenoxy) is 3. The van der Waals surface area contributed by atoms with Gasteiger partial charge in [-0.2, -0.15) is 0 Å². The summed E-state index contributed by atoms with van der Waals surface area (Å²) in [6, 6.07) is 8.78. The fourth-order valence-corrected chi connectivity index (χ4v) is 4.07. The van der Waals surface area contributed by atoms with Crippen molar-refractivity contribution in [3.63, 3.8) is 0 Å². The number of hydrogen-bond acceptors (Lipinski definition) is 6. The summed E-state index contributed by atoms with van der Waals surface area (Å²) >= 11 is 1.82. The van der Waals surface area contributed by atoms with Crippen LogP contribution in [0.2, 0.25) is 0 Å². The van der Waals surface area contributed by atoms with Gasteiger partial charge in [0.2, 0.25) is 0 Å². The van der Waals surface area contributed by atoms with Gasteiger partial charge in [-0.1, -0.05) is 19.1 Å². The van der Waals surface area contributed by atoms with Crippen LogP contribution in [-0.2, 0) is 30.2 Å². The van der Waals surface area contributed by atoms with Crippen molar-refractivity contribution in [2.75, 3.05) is 25.6 Å². The van der Waals surface area contributed by atoms with E-state index >= 15 is 0 Å². The van der Waals surface area contributed by atoms with Crippen LogP contribution < -0.4 is 0 Å². The lowest BCUT2D eigenvalue weighted by molar-refractivity contribution is -0.162. The second kappa shape index (κ2) is 15.4. The van der Waals surface area contributed by atoms with Crippen LogP contribution in [0.3, 0.4) is 0 Å². The largest absolute Gasteiger partial charge is 0.465 e. The highest BCUT2D eigenvalue weighted by Gasteiger charge is 2.13. The normalized spacial score (nSPS) is 16.4. The highest BCUT2D eigenvalue weighted by molar-refractivity contribution is 7.99. The number of ketones is 1. The van der Waals surface area contributed by atoms with E-state index in [1.807, 2.05) is 11.8 Å². The summed E-state index contributed by atoms with van der Waals surface area (Å²) in [7, 11) is 0. The van der Waals surface area contributed by atoms with Crippen molar-refractivity contribution in [2.24, 2.45) is 0 Å². The molecule has 0 bridgehead atoms. The van der Waals surface area contributed by atoms with E-state index in [1.165, 1.54) is 16.9 Å².